The van der Waals surface area contributed by atoms with Gasteiger partial charge in [0.1, 0.15) is 11.6 Å². The molecule has 0 amide bonds. The maximum Gasteiger partial charge on any atom is 0.323 e. The normalized spacial score (nSPS) is 17.1. The van der Waals surface area contributed by atoms with Crippen molar-refractivity contribution in [1.29, 1.82) is 0 Å². The fourth-order valence-electron chi connectivity index (χ4n) is 0.920. The molecule has 2 atom stereocenters. The largest absolute Gasteiger partial charge is 0.480 e. The Kier molecular flexibility index (Phi) is 4.52. The first-order valence-electron chi connectivity index (χ1n) is 4.28. The standard InChI is InChI=1S/C8H16N2O4/c1-8(10,7(13)14)4-2-3-5(9)6(11)12/h5H,2-4,9-10H2,1H3,(H,11,12)(H,13,14)/t5-,8+/m0/s1. The van der Waals surface area contributed by atoms with Gasteiger partial charge in [0, 0.05) is 0 Å². The van der Waals surface area contributed by atoms with Crippen molar-refractivity contribution in [3.8, 4) is 0 Å². The summed E-state index contributed by atoms with van der Waals surface area (Å²) in [6.45, 7) is 1.39. The molecule has 0 spiro atoms. The lowest BCUT2D eigenvalue weighted by molar-refractivity contribution is -0.142. The van der Waals surface area contributed by atoms with Crippen LogP contribution in [0.15, 0.2) is 0 Å². The van der Waals surface area contributed by atoms with Gasteiger partial charge in [0.15, 0.2) is 0 Å². The fraction of sp³-hybridized carbons (Fsp3) is 0.750. The van der Waals surface area contributed by atoms with Gasteiger partial charge in [-0.3, -0.25) is 9.59 Å². The molecule has 0 aromatic heterocycles. The lowest BCUT2D eigenvalue weighted by Crippen LogP contribution is -2.45. The van der Waals surface area contributed by atoms with Crippen LogP contribution in [0.25, 0.3) is 0 Å². The van der Waals surface area contributed by atoms with Gasteiger partial charge in [-0.15, -0.1) is 0 Å². The predicted octanol–water partition coefficient (Wildman–Crippen LogP) is -0.629. The molecule has 6 heteroatoms. The number of hydrogen-bond acceptors (Lipinski definition) is 4. The molecule has 0 aromatic rings. The maximum atomic E-state index is 10.6. The number of nitrogens with two attached hydrogens (primary N) is 2. The lowest BCUT2D eigenvalue weighted by atomic mass is 9.95. The molecule has 0 aliphatic rings. The van der Waals surface area contributed by atoms with Crippen molar-refractivity contribution in [1.82, 2.24) is 0 Å². The highest BCUT2D eigenvalue weighted by Crippen LogP contribution is 2.11. The molecule has 0 bridgehead atoms. The van der Waals surface area contributed by atoms with Crippen LogP contribution in [0.1, 0.15) is 26.2 Å². The molecule has 0 heterocycles. The van der Waals surface area contributed by atoms with Crippen molar-refractivity contribution in [2.75, 3.05) is 0 Å². The Labute approximate surface area is 81.9 Å². The first-order chi connectivity index (χ1) is 6.27. The Bertz CT molecular complexity index is 227. The van der Waals surface area contributed by atoms with Crippen LogP contribution < -0.4 is 11.5 Å². The van der Waals surface area contributed by atoms with Crippen molar-refractivity contribution in [2.24, 2.45) is 11.5 Å². The minimum Gasteiger partial charge on any atom is -0.480 e. The predicted molar refractivity (Wildman–Crippen MR) is 49.7 cm³/mol. The third kappa shape index (κ3) is 4.20. The van der Waals surface area contributed by atoms with E-state index < -0.39 is 23.5 Å². The van der Waals surface area contributed by atoms with Crippen LogP contribution in [-0.4, -0.2) is 33.7 Å². The SMILES string of the molecule is C[C@@](N)(CCC[C@H](N)C(=O)O)C(=O)O. The van der Waals surface area contributed by atoms with Crippen LogP contribution in [0.3, 0.4) is 0 Å². The average molecular weight is 204 g/mol. The van der Waals surface area contributed by atoms with E-state index in [-0.39, 0.29) is 12.8 Å². The molecule has 6 nitrogen and oxygen atoms in total. The summed E-state index contributed by atoms with van der Waals surface area (Å²) in [6, 6.07) is -0.945. The highest BCUT2D eigenvalue weighted by molar-refractivity contribution is 5.77. The number of aliphatic carboxylic acids is 2. The van der Waals surface area contributed by atoms with E-state index >= 15 is 0 Å². The van der Waals surface area contributed by atoms with E-state index in [1.54, 1.807) is 0 Å². The molecule has 0 aliphatic heterocycles. The van der Waals surface area contributed by atoms with Gasteiger partial charge in [-0.1, -0.05) is 0 Å². The van der Waals surface area contributed by atoms with Crippen molar-refractivity contribution < 1.29 is 19.8 Å². The molecule has 0 saturated carbocycles. The van der Waals surface area contributed by atoms with E-state index in [0.717, 1.165) is 0 Å². The van der Waals surface area contributed by atoms with Crippen LogP contribution in [0.5, 0.6) is 0 Å². The Balaban J connectivity index is 3.85. The number of carboxylic acids is 2. The number of hydrogen-bond donors (Lipinski definition) is 4. The number of carboxylic acid groups (broad SMARTS) is 2. The molecule has 0 aliphatic carbocycles. The Hall–Kier alpha value is -1.14. The second-order valence-electron chi connectivity index (χ2n) is 3.56. The van der Waals surface area contributed by atoms with E-state index in [4.69, 9.17) is 21.7 Å². The molecule has 0 unspecified atom stereocenters. The monoisotopic (exact) mass is 204 g/mol. The van der Waals surface area contributed by atoms with E-state index in [9.17, 15) is 9.59 Å². The van der Waals surface area contributed by atoms with Gasteiger partial charge in [0.25, 0.3) is 0 Å². The molecule has 82 valence electrons. The molecular weight excluding hydrogens is 188 g/mol. The summed E-state index contributed by atoms with van der Waals surface area (Å²) in [4.78, 5) is 20.9. The first-order valence-corrected chi connectivity index (χ1v) is 4.28. The fourth-order valence-corrected chi connectivity index (χ4v) is 0.920. The van der Waals surface area contributed by atoms with Gasteiger partial charge in [-0.2, -0.15) is 0 Å². The third-order valence-corrected chi connectivity index (χ3v) is 2.02. The number of rotatable bonds is 6. The van der Waals surface area contributed by atoms with Crippen molar-refractivity contribution in [3.63, 3.8) is 0 Å². The van der Waals surface area contributed by atoms with E-state index in [1.165, 1.54) is 6.92 Å². The second-order valence-corrected chi connectivity index (χ2v) is 3.56. The summed E-state index contributed by atoms with van der Waals surface area (Å²) in [7, 11) is 0. The molecule has 0 aromatic carbocycles. The zero-order valence-corrected chi connectivity index (χ0v) is 8.06. The zero-order chi connectivity index (χ0) is 11.4. The summed E-state index contributed by atoms with van der Waals surface area (Å²) < 4.78 is 0. The van der Waals surface area contributed by atoms with Crippen LogP contribution in [0.2, 0.25) is 0 Å². The Morgan fingerprint density at radius 1 is 1.43 bits per heavy atom. The topological polar surface area (TPSA) is 127 Å². The number of carbonyl (C=O) groups is 2. The zero-order valence-electron chi connectivity index (χ0n) is 8.06. The quantitative estimate of drug-likeness (QED) is 0.456. The summed E-state index contributed by atoms with van der Waals surface area (Å²) in [6.07, 6.45) is 0.825. The summed E-state index contributed by atoms with van der Waals surface area (Å²) in [5.41, 5.74) is 9.36. The Morgan fingerprint density at radius 2 is 1.93 bits per heavy atom. The van der Waals surface area contributed by atoms with E-state index in [0.29, 0.717) is 6.42 Å². The highest BCUT2D eigenvalue weighted by atomic mass is 16.4. The van der Waals surface area contributed by atoms with E-state index in [2.05, 4.69) is 0 Å². The highest BCUT2D eigenvalue weighted by Gasteiger charge is 2.27. The minimum absolute atomic E-state index is 0.212. The minimum atomic E-state index is -1.31. The summed E-state index contributed by atoms with van der Waals surface area (Å²) >= 11 is 0. The third-order valence-electron chi connectivity index (χ3n) is 2.02. The van der Waals surface area contributed by atoms with E-state index in [1.807, 2.05) is 0 Å². The van der Waals surface area contributed by atoms with Crippen molar-refractivity contribution >= 4 is 11.9 Å². The molecular formula is C8H16N2O4. The molecule has 0 saturated heterocycles. The molecule has 0 fully saturated rings. The lowest BCUT2D eigenvalue weighted by Gasteiger charge is -2.19. The van der Waals surface area contributed by atoms with Crippen LogP contribution in [0, 0.1) is 0 Å². The van der Waals surface area contributed by atoms with Gasteiger partial charge >= 0.3 is 11.9 Å². The van der Waals surface area contributed by atoms with Gasteiger partial charge < -0.3 is 21.7 Å². The van der Waals surface area contributed by atoms with Crippen LogP contribution >= 0.6 is 0 Å². The van der Waals surface area contributed by atoms with Gasteiger partial charge in [-0.05, 0) is 26.2 Å². The van der Waals surface area contributed by atoms with Crippen LogP contribution in [-0.2, 0) is 9.59 Å². The first kappa shape index (κ1) is 12.9. The molecule has 6 N–H and O–H groups in total. The van der Waals surface area contributed by atoms with Gasteiger partial charge in [0.2, 0.25) is 0 Å². The molecule has 0 radical (unpaired) electrons. The summed E-state index contributed by atoms with van der Waals surface area (Å²) in [5.74, 6) is -2.18. The Morgan fingerprint density at radius 3 is 2.29 bits per heavy atom. The average Bonchev–Trinajstić information content (AvgIpc) is 2.03. The summed E-state index contributed by atoms with van der Waals surface area (Å²) in [5, 5.41) is 17.1. The van der Waals surface area contributed by atoms with Gasteiger partial charge in [-0.25, -0.2) is 0 Å². The molecule has 0 rings (SSSR count). The second kappa shape index (κ2) is 4.92. The van der Waals surface area contributed by atoms with Crippen molar-refractivity contribution in [2.45, 2.75) is 37.8 Å². The maximum absolute atomic E-state index is 10.6. The molecule has 14 heavy (non-hydrogen) atoms. The van der Waals surface area contributed by atoms with Gasteiger partial charge in [0.05, 0.1) is 0 Å². The van der Waals surface area contributed by atoms with Crippen LogP contribution in [0.4, 0.5) is 0 Å². The smallest absolute Gasteiger partial charge is 0.323 e. The van der Waals surface area contributed by atoms with Crippen molar-refractivity contribution in [3.05, 3.63) is 0 Å².